The molecule has 0 radical (unpaired) electrons. The van der Waals surface area contributed by atoms with Gasteiger partial charge in [0.05, 0.1) is 18.0 Å². The molecule has 1 aromatic heterocycles. The summed E-state index contributed by atoms with van der Waals surface area (Å²) in [4.78, 5) is 31.1. The van der Waals surface area contributed by atoms with E-state index in [4.69, 9.17) is 4.74 Å². The first-order valence-electron chi connectivity index (χ1n) is 8.03. The molecule has 0 saturated heterocycles. The molecule has 0 spiro atoms. The standard InChI is InChI=1S/C19H19N3O3/c1-25-14-8-6-13(7-9-14)12-20-18(23)11-10-17-21-16-5-3-2-4-15(16)19(24)22-17/h2-9H,10-12H2,1H3,(H,20,23)(H,21,22,24). The number of aromatic nitrogens is 2. The van der Waals surface area contributed by atoms with E-state index in [-0.39, 0.29) is 17.9 Å². The highest BCUT2D eigenvalue weighted by molar-refractivity contribution is 5.78. The van der Waals surface area contributed by atoms with Gasteiger partial charge in [0.2, 0.25) is 5.91 Å². The van der Waals surface area contributed by atoms with Gasteiger partial charge < -0.3 is 15.0 Å². The first-order chi connectivity index (χ1) is 12.2. The third-order valence-electron chi connectivity index (χ3n) is 3.90. The zero-order chi connectivity index (χ0) is 17.6. The van der Waals surface area contributed by atoms with E-state index >= 15 is 0 Å². The van der Waals surface area contributed by atoms with E-state index < -0.39 is 0 Å². The number of methoxy groups -OCH3 is 1. The number of carbonyl (C=O) groups is 1. The van der Waals surface area contributed by atoms with Gasteiger partial charge in [-0.15, -0.1) is 0 Å². The quantitative estimate of drug-likeness (QED) is 0.722. The van der Waals surface area contributed by atoms with Gasteiger partial charge in [0.25, 0.3) is 5.56 Å². The maximum absolute atomic E-state index is 12.0. The number of carbonyl (C=O) groups excluding carboxylic acids is 1. The van der Waals surface area contributed by atoms with Crippen molar-refractivity contribution < 1.29 is 9.53 Å². The minimum atomic E-state index is -0.181. The van der Waals surface area contributed by atoms with E-state index in [2.05, 4.69) is 15.3 Å². The Morgan fingerprint density at radius 2 is 1.92 bits per heavy atom. The Hall–Kier alpha value is -3.15. The van der Waals surface area contributed by atoms with Gasteiger partial charge in [0.15, 0.2) is 0 Å². The smallest absolute Gasteiger partial charge is 0.258 e. The Kier molecular flexibility index (Phi) is 5.09. The molecule has 0 aliphatic rings. The fourth-order valence-corrected chi connectivity index (χ4v) is 2.52. The molecule has 0 aliphatic carbocycles. The van der Waals surface area contributed by atoms with Gasteiger partial charge in [-0.1, -0.05) is 24.3 Å². The number of rotatable bonds is 6. The van der Waals surface area contributed by atoms with Gasteiger partial charge in [0.1, 0.15) is 11.6 Å². The van der Waals surface area contributed by atoms with Crippen LogP contribution in [0.1, 0.15) is 17.8 Å². The topological polar surface area (TPSA) is 84.1 Å². The van der Waals surface area contributed by atoms with Crippen molar-refractivity contribution in [2.45, 2.75) is 19.4 Å². The van der Waals surface area contributed by atoms with Crippen LogP contribution in [0.25, 0.3) is 10.9 Å². The number of nitrogens with one attached hydrogen (secondary N) is 2. The fourth-order valence-electron chi connectivity index (χ4n) is 2.52. The monoisotopic (exact) mass is 337 g/mol. The third kappa shape index (κ3) is 4.23. The van der Waals surface area contributed by atoms with Crippen LogP contribution in [-0.2, 0) is 17.8 Å². The van der Waals surface area contributed by atoms with Crippen LogP contribution in [0.3, 0.4) is 0 Å². The Morgan fingerprint density at radius 1 is 1.16 bits per heavy atom. The highest BCUT2D eigenvalue weighted by atomic mass is 16.5. The number of fused-ring (bicyclic) bond motifs is 1. The predicted molar refractivity (Wildman–Crippen MR) is 95.5 cm³/mol. The van der Waals surface area contributed by atoms with Crippen molar-refractivity contribution in [3.8, 4) is 5.75 Å². The van der Waals surface area contributed by atoms with Gasteiger partial charge in [-0.3, -0.25) is 9.59 Å². The summed E-state index contributed by atoms with van der Waals surface area (Å²) in [5, 5.41) is 3.41. The summed E-state index contributed by atoms with van der Waals surface area (Å²) in [5.74, 6) is 1.20. The molecule has 6 heteroatoms. The number of hydrogen-bond acceptors (Lipinski definition) is 4. The summed E-state index contributed by atoms with van der Waals surface area (Å²) < 4.78 is 5.10. The van der Waals surface area contributed by atoms with E-state index in [1.165, 1.54) is 0 Å². The molecule has 3 rings (SSSR count). The summed E-state index contributed by atoms with van der Waals surface area (Å²) in [6.45, 7) is 0.449. The lowest BCUT2D eigenvalue weighted by atomic mass is 10.2. The Balaban J connectivity index is 1.56. The van der Waals surface area contributed by atoms with Crippen molar-refractivity contribution in [2.24, 2.45) is 0 Å². The molecule has 2 N–H and O–H groups in total. The van der Waals surface area contributed by atoms with Crippen molar-refractivity contribution >= 4 is 16.8 Å². The number of hydrogen-bond donors (Lipinski definition) is 2. The summed E-state index contributed by atoms with van der Waals surface area (Å²) in [6.07, 6.45) is 0.645. The first kappa shape index (κ1) is 16.7. The lowest BCUT2D eigenvalue weighted by Gasteiger charge is -2.07. The molecule has 0 bridgehead atoms. The molecule has 1 amide bonds. The lowest BCUT2D eigenvalue weighted by molar-refractivity contribution is -0.121. The SMILES string of the molecule is COc1ccc(CNC(=O)CCc2nc3ccccc3c(=O)[nH]2)cc1. The van der Waals surface area contributed by atoms with Crippen LogP contribution in [0.4, 0.5) is 0 Å². The number of aryl methyl sites for hydroxylation is 1. The second kappa shape index (κ2) is 7.61. The van der Waals surface area contributed by atoms with Crippen molar-refractivity contribution in [1.29, 1.82) is 0 Å². The first-order valence-corrected chi connectivity index (χ1v) is 8.03. The molecule has 25 heavy (non-hydrogen) atoms. The van der Waals surface area contributed by atoms with Gasteiger partial charge in [-0.25, -0.2) is 4.98 Å². The molecule has 0 fully saturated rings. The van der Waals surface area contributed by atoms with Crippen molar-refractivity contribution in [1.82, 2.24) is 15.3 Å². The molecule has 0 aliphatic heterocycles. The summed E-state index contributed by atoms with van der Waals surface area (Å²) in [7, 11) is 1.61. The predicted octanol–water partition coefficient (Wildman–Crippen LogP) is 2.18. The van der Waals surface area contributed by atoms with Gasteiger partial charge >= 0.3 is 0 Å². The number of amides is 1. The number of H-pyrrole nitrogens is 1. The largest absolute Gasteiger partial charge is 0.497 e. The average Bonchev–Trinajstić information content (AvgIpc) is 2.65. The maximum atomic E-state index is 12.0. The molecule has 2 aromatic carbocycles. The number of benzene rings is 2. The van der Waals surface area contributed by atoms with Crippen LogP contribution in [0.2, 0.25) is 0 Å². The lowest BCUT2D eigenvalue weighted by Crippen LogP contribution is -2.23. The van der Waals surface area contributed by atoms with Crippen LogP contribution in [-0.4, -0.2) is 23.0 Å². The molecule has 6 nitrogen and oxygen atoms in total. The molecule has 0 saturated carbocycles. The Morgan fingerprint density at radius 3 is 2.68 bits per heavy atom. The van der Waals surface area contributed by atoms with E-state index in [1.807, 2.05) is 30.3 Å². The van der Waals surface area contributed by atoms with Gasteiger partial charge in [0, 0.05) is 19.4 Å². The van der Waals surface area contributed by atoms with Crippen LogP contribution in [0.5, 0.6) is 5.75 Å². The van der Waals surface area contributed by atoms with E-state index in [1.54, 1.807) is 25.3 Å². The molecular weight excluding hydrogens is 318 g/mol. The number of nitrogens with zero attached hydrogens (tertiary/aromatic N) is 1. The third-order valence-corrected chi connectivity index (χ3v) is 3.90. The van der Waals surface area contributed by atoms with E-state index in [0.717, 1.165) is 11.3 Å². The average molecular weight is 337 g/mol. The zero-order valence-corrected chi connectivity index (χ0v) is 13.9. The van der Waals surface area contributed by atoms with Crippen LogP contribution < -0.4 is 15.6 Å². The molecule has 0 atom stereocenters. The summed E-state index contributed by atoms with van der Waals surface area (Å²) in [5.41, 5.74) is 1.45. The normalized spacial score (nSPS) is 10.6. The fraction of sp³-hybridized carbons (Fsp3) is 0.211. The molecule has 0 unspecified atom stereocenters. The second-order valence-electron chi connectivity index (χ2n) is 5.65. The van der Waals surface area contributed by atoms with Crippen molar-refractivity contribution in [2.75, 3.05) is 7.11 Å². The minimum Gasteiger partial charge on any atom is -0.497 e. The highest BCUT2D eigenvalue weighted by Gasteiger charge is 2.07. The summed E-state index contributed by atoms with van der Waals surface area (Å²) >= 11 is 0. The zero-order valence-electron chi connectivity index (χ0n) is 13.9. The Bertz CT molecular complexity index is 933. The molecule has 1 heterocycles. The molecule has 3 aromatic rings. The van der Waals surface area contributed by atoms with E-state index in [9.17, 15) is 9.59 Å². The minimum absolute atomic E-state index is 0.0911. The van der Waals surface area contributed by atoms with Crippen LogP contribution in [0, 0.1) is 0 Å². The van der Waals surface area contributed by atoms with Gasteiger partial charge in [-0.2, -0.15) is 0 Å². The number of aromatic amines is 1. The maximum Gasteiger partial charge on any atom is 0.258 e. The van der Waals surface area contributed by atoms with Crippen LogP contribution in [0.15, 0.2) is 53.3 Å². The Labute approximate surface area is 144 Å². The number of para-hydroxylation sites is 1. The van der Waals surface area contributed by atoms with E-state index in [0.29, 0.717) is 29.7 Å². The van der Waals surface area contributed by atoms with Crippen LogP contribution >= 0.6 is 0 Å². The molecule has 128 valence electrons. The highest BCUT2D eigenvalue weighted by Crippen LogP contribution is 2.11. The van der Waals surface area contributed by atoms with Crippen molar-refractivity contribution in [3.05, 3.63) is 70.3 Å². The number of ether oxygens (including phenoxy) is 1. The second-order valence-corrected chi connectivity index (χ2v) is 5.65. The summed E-state index contributed by atoms with van der Waals surface area (Å²) in [6, 6.07) is 14.7. The van der Waals surface area contributed by atoms with Gasteiger partial charge in [-0.05, 0) is 29.8 Å². The molecular formula is C19H19N3O3. The van der Waals surface area contributed by atoms with Crippen molar-refractivity contribution in [3.63, 3.8) is 0 Å².